The maximum absolute atomic E-state index is 9.08. The van der Waals surface area contributed by atoms with Gasteiger partial charge in [-0.15, -0.1) is 0 Å². The van der Waals surface area contributed by atoms with Crippen molar-refractivity contribution >= 4 is 11.6 Å². The lowest BCUT2D eigenvalue weighted by molar-refractivity contribution is -0.00286. The van der Waals surface area contributed by atoms with E-state index in [9.17, 15) is 0 Å². The molecule has 0 atom stereocenters. The average molecular weight is 199 g/mol. The molecular formula is C9H11ClN2O. The topological polar surface area (TPSA) is 36.4 Å². The van der Waals surface area contributed by atoms with E-state index in [0.717, 1.165) is 25.2 Å². The Morgan fingerprint density at radius 1 is 1.62 bits per heavy atom. The summed E-state index contributed by atoms with van der Waals surface area (Å²) >= 11 is 5.93. The van der Waals surface area contributed by atoms with Crippen molar-refractivity contribution in [3.8, 4) is 0 Å². The molecule has 2 rings (SSSR count). The SMILES string of the molecule is OC1CN(Cc2ccncc2Cl)C1. The van der Waals surface area contributed by atoms with Crippen LogP contribution in [0, 0.1) is 0 Å². The molecule has 1 aromatic heterocycles. The zero-order valence-corrected chi connectivity index (χ0v) is 7.91. The molecule has 70 valence electrons. The van der Waals surface area contributed by atoms with Crippen LogP contribution >= 0.6 is 11.6 Å². The molecule has 1 aliphatic heterocycles. The van der Waals surface area contributed by atoms with Crippen molar-refractivity contribution in [1.82, 2.24) is 9.88 Å². The van der Waals surface area contributed by atoms with E-state index in [2.05, 4.69) is 9.88 Å². The van der Waals surface area contributed by atoms with Gasteiger partial charge in [0, 0.05) is 32.0 Å². The van der Waals surface area contributed by atoms with E-state index in [4.69, 9.17) is 16.7 Å². The summed E-state index contributed by atoms with van der Waals surface area (Å²) in [6.45, 7) is 2.30. The van der Waals surface area contributed by atoms with Crippen molar-refractivity contribution in [2.75, 3.05) is 13.1 Å². The molecule has 0 bridgehead atoms. The number of halogens is 1. The molecule has 0 saturated carbocycles. The third kappa shape index (κ3) is 1.99. The lowest BCUT2D eigenvalue weighted by Crippen LogP contribution is -2.49. The minimum absolute atomic E-state index is 0.152. The molecule has 13 heavy (non-hydrogen) atoms. The molecular weight excluding hydrogens is 188 g/mol. The number of likely N-dealkylation sites (tertiary alicyclic amines) is 1. The molecule has 4 heteroatoms. The molecule has 1 saturated heterocycles. The highest BCUT2D eigenvalue weighted by atomic mass is 35.5. The van der Waals surface area contributed by atoms with Gasteiger partial charge in [0.2, 0.25) is 0 Å². The standard InChI is InChI=1S/C9H11ClN2O/c10-9-3-11-2-1-7(9)4-12-5-8(13)6-12/h1-3,8,13H,4-6H2. The van der Waals surface area contributed by atoms with Crippen LogP contribution in [0.15, 0.2) is 18.5 Å². The Balaban J connectivity index is 1.98. The fraction of sp³-hybridized carbons (Fsp3) is 0.444. The largest absolute Gasteiger partial charge is 0.390 e. The predicted molar refractivity (Wildman–Crippen MR) is 50.5 cm³/mol. The molecule has 1 N–H and O–H groups in total. The number of rotatable bonds is 2. The van der Waals surface area contributed by atoms with E-state index < -0.39 is 0 Å². The second kappa shape index (κ2) is 3.62. The van der Waals surface area contributed by atoms with E-state index >= 15 is 0 Å². The molecule has 2 heterocycles. The Labute approximate surface area is 82.0 Å². The van der Waals surface area contributed by atoms with E-state index in [-0.39, 0.29) is 6.10 Å². The molecule has 1 aromatic rings. The van der Waals surface area contributed by atoms with Crippen molar-refractivity contribution in [2.45, 2.75) is 12.6 Å². The summed E-state index contributed by atoms with van der Waals surface area (Å²) in [6.07, 6.45) is 3.23. The number of pyridine rings is 1. The molecule has 1 aliphatic rings. The summed E-state index contributed by atoms with van der Waals surface area (Å²) < 4.78 is 0. The van der Waals surface area contributed by atoms with Crippen molar-refractivity contribution in [1.29, 1.82) is 0 Å². The highest BCUT2D eigenvalue weighted by molar-refractivity contribution is 6.31. The first-order valence-electron chi connectivity index (χ1n) is 4.24. The molecule has 0 amide bonds. The zero-order chi connectivity index (χ0) is 9.26. The summed E-state index contributed by atoms with van der Waals surface area (Å²) in [5, 5.41) is 9.78. The lowest BCUT2D eigenvalue weighted by Gasteiger charge is -2.35. The van der Waals surface area contributed by atoms with Crippen molar-refractivity contribution in [2.24, 2.45) is 0 Å². The van der Waals surface area contributed by atoms with Crippen LogP contribution in [0.25, 0.3) is 0 Å². The van der Waals surface area contributed by atoms with Gasteiger partial charge in [0.25, 0.3) is 0 Å². The quantitative estimate of drug-likeness (QED) is 0.768. The molecule has 0 radical (unpaired) electrons. The first-order chi connectivity index (χ1) is 6.25. The molecule has 0 aromatic carbocycles. The molecule has 3 nitrogen and oxygen atoms in total. The summed E-state index contributed by atoms with van der Waals surface area (Å²) in [5.41, 5.74) is 1.07. The number of aromatic nitrogens is 1. The predicted octanol–water partition coefficient (Wildman–Crippen LogP) is 0.912. The number of aliphatic hydroxyl groups excluding tert-OH is 1. The van der Waals surface area contributed by atoms with Crippen LogP contribution < -0.4 is 0 Å². The monoisotopic (exact) mass is 198 g/mol. The Bertz CT molecular complexity index is 299. The van der Waals surface area contributed by atoms with Gasteiger partial charge in [0.15, 0.2) is 0 Å². The van der Waals surface area contributed by atoms with E-state index in [0.29, 0.717) is 5.02 Å². The van der Waals surface area contributed by atoms with Crippen molar-refractivity contribution < 1.29 is 5.11 Å². The zero-order valence-electron chi connectivity index (χ0n) is 7.15. The van der Waals surface area contributed by atoms with Gasteiger partial charge in [-0.1, -0.05) is 11.6 Å². The molecule has 0 unspecified atom stereocenters. The second-order valence-electron chi connectivity index (χ2n) is 3.31. The molecule has 0 spiro atoms. The average Bonchev–Trinajstić information content (AvgIpc) is 2.06. The second-order valence-corrected chi connectivity index (χ2v) is 3.72. The van der Waals surface area contributed by atoms with Gasteiger partial charge in [0.1, 0.15) is 0 Å². The highest BCUT2D eigenvalue weighted by Gasteiger charge is 2.24. The Kier molecular flexibility index (Phi) is 2.49. The van der Waals surface area contributed by atoms with Crippen LogP contribution in [0.2, 0.25) is 5.02 Å². The molecule has 0 aliphatic carbocycles. The number of β-amino-alcohol motifs (C(OH)–C–C–N with tert-alkyl or cyclic N) is 1. The first kappa shape index (κ1) is 8.94. The van der Waals surface area contributed by atoms with Gasteiger partial charge < -0.3 is 5.11 Å². The van der Waals surface area contributed by atoms with Gasteiger partial charge >= 0.3 is 0 Å². The maximum Gasteiger partial charge on any atom is 0.0794 e. The normalized spacial score (nSPS) is 18.6. The molecule has 1 fully saturated rings. The first-order valence-corrected chi connectivity index (χ1v) is 4.62. The minimum atomic E-state index is -0.152. The fourth-order valence-corrected chi connectivity index (χ4v) is 1.62. The third-order valence-electron chi connectivity index (χ3n) is 2.19. The minimum Gasteiger partial charge on any atom is -0.390 e. The van der Waals surface area contributed by atoms with E-state index in [1.807, 2.05) is 6.07 Å². The van der Waals surface area contributed by atoms with Gasteiger partial charge in [-0.2, -0.15) is 0 Å². The van der Waals surface area contributed by atoms with E-state index in [1.54, 1.807) is 12.4 Å². The van der Waals surface area contributed by atoms with Crippen LogP contribution in [0.3, 0.4) is 0 Å². The summed E-state index contributed by atoms with van der Waals surface area (Å²) in [5.74, 6) is 0. The lowest BCUT2D eigenvalue weighted by atomic mass is 10.1. The van der Waals surface area contributed by atoms with Crippen LogP contribution in [0.5, 0.6) is 0 Å². The van der Waals surface area contributed by atoms with Crippen molar-refractivity contribution in [3.63, 3.8) is 0 Å². The van der Waals surface area contributed by atoms with Crippen LogP contribution in [0.4, 0.5) is 0 Å². The summed E-state index contributed by atoms with van der Waals surface area (Å²) in [7, 11) is 0. The van der Waals surface area contributed by atoms with Gasteiger partial charge in [0.05, 0.1) is 11.1 Å². The summed E-state index contributed by atoms with van der Waals surface area (Å²) in [4.78, 5) is 6.06. The third-order valence-corrected chi connectivity index (χ3v) is 2.53. The number of nitrogens with zero attached hydrogens (tertiary/aromatic N) is 2. The van der Waals surface area contributed by atoms with Gasteiger partial charge in [-0.05, 0) is 11.6 Å². The smallest absolute Gasteiger partial charge is 0.0794 e. The summed E-state index contributed by atoms with van der Waals surface area (Å²) in [6, 6.07) is 1.91. The fourth-order valence-electron chi connectivity index (χ4n) is 1.44. The van der Waals surface area contributed by atoms with Crippen LogP contribution in [0.1, 0.15) is 5.56 Å². The number of hydrogen-bond donors (Lipinski definition) is 1. The Morgan fingerprint density at radius 2 is 2.38 bits per heavy atom. The number of aliphatic hydroxyl groups is 1. The van der Waals surface area contributed by atoms with Crippen molar-refractivity contribution in [3.05, 3.63) is 29.0 Å². The van der Waals surface area contributed by atoms with E-state index in [1.165, 1.54) is 0 Å². The Morgan fingerprint density at radius 3 is 3.00 bits per heavy atom. The maximum atomic E-state index is 9.08. The van der Waals surface area contributed by atoms with Crippen LogP contribution in [-0.4, -0.2) is 34.2 Å². The van der Waals surface area contributed by atoms with Gasteiger partial charge in [-0.25, -0.2) is 0 Å². The van der Waals surface area contributed by atoms with Gasteiger partial charge in [-0.3, -0.25) is 9.88 Å². The van der Waals surface area contributed by atoms with Crippen LogP contribution in [-0.2, 0) is 6.54 Å². The number of hydrogen-bond acceptors (Lipinski definition) is 3. The highest BCUT2D eigenvalue weighted by Crippen LogP contribution is 2.18. The Hall–Kier alpha value is -0.640.